The second-order valence-corrected chi connectivity index (χ2v) is 12.1. The van der Waals surface area contributed by atoms with Crippen molar-refractivity contribution in [2.75, 3.05) is 42.6 Å². The molecule has 3 aromatic rings. The number of pyridine rings is 2. The molecule has 7 rings (SSSR count). The number of benzene rings is 1. The zero-order valence-corrected chi connectivity index (χ0v) is 24.8. The fourth-order valence-corrected chi connectivity index (χ4v) is 6.25. The van der Waals surface area contributed by atoms with Gasteiger partial charge in [-0.05, 0) is 43.9 Å². The summed E-state index contributed by atoms with van der Waals surface area (Å²) in [6.45, 7) is 2.63. The Morgan fingerprint density at radius 1 is 1.15 bits per heavy atom. The summed E-state index contributed by atoms with van der Waals surface area (Å²) in [5, 5.41) is 12.0. The van der Waals surface area contributed by atoms with Gasteiger partial charge in [-0.3, -0.25) is 14.5 Å². The van der Waals surface area contributed by atoms with Crippen LogP contribution < -0.4 is 25.3 Å². The molecule has 15 heteroatoms. The topological polar surface area (TPSA) is 156 Å². The molecule has 3 aliphatic heterocycles. The van der Waals surface area contributed by atoms with Crippen molar-refractivity contribution in [1.29, 1.82) is 0 Å². The van der Waals surface area contributed by atoms with Crippen LogP contribution in [0.1, 0.15) is 49.0 Å². The van der Waals surface area contributed by atoms with Crippen molar-refractivity contribution in [3.63, 3.8) is 0 Å². The fraction of sp³-hybridized carbons (Fsp3) is 0.452. The number of nitrogens with one attached hydrogen (secondary N) is 1. The third-order valence-electron chi connectivity index (χ3n) is 9.00. The molecule has 1 aliphatic carbocycles. The number of nitrogens with zero attached hydrogens (tertiary/aromatic N) is 4. The third-order valence-corrected chi connectivity index (χ3v) is 9.00. The average Bonchev–Trinajstić information content (AvgIpc) is 3.94. The van der Waals surface area contributed by atoms with E-state index in [0.717, 1.165) is 18.9 Å². The number of hydrogen-bond donors (Lipinski definition) is 2. The average molecular weight is 640 g/mol. The highest BCUT2D eigenvalue weighted by Crippen LogP contribution is 2.46. The molecule has 2 unspecified atom stereocenters. The van der Waals surface area contributed by atoms with E-state index in [9.17, 15) is 28.7 Å². The number of epoxide rings is 1. The van der Waals surface area contributed by atoms with Gasteiger partial charge in [0.05, 0.1) is 24.2 Å². The van der Waals surface area contributed by atoms with Crippen molar-refractivity contribution in [2.24, 2.45) is 0 Å². The number of carboxylic acid groups (broad SMARTS) is 1. The summed E-state index contributed by atoms with van der Waals surface area (Å²) >= 11 is 0. The summed E-state index contributed by atoms with van der Waals surface area (Å²) in [6, 6.07) is 5.28. The van der Waals surface area contributed by atoms with Crippen LogP contribution in [-0.4, -0.2) is 83.2 Å². The molecule has 4 aliphatic rings. The molecule has 0 radical (unpaired) electrons. The van der Waals surface area contributed by atoms with Crippen LogP contribution in [0.25, 0.3) is 11.0 Å². The maximum Gasteiger partial charge on any atom is 0.414 e. The van der Waals surface area contributed by atoms with Crippen LogP contribution in [0.5, 0.6) is 5.75 Å². The fourth-order valence-electron chi connectivity index (χ4n) is 6.25. The molecule has 2 amide bonds. The first-order chi connectivity index (χ1) is 22.0. The van der Waals surface area contributed by atoms with E-state index in [0.29, 0.717) is 31.6 Å². The Labute approximate surface area is 260 Å². The number of aromatic nitrogens is 2. The lowest BCUT2D eigenvalue weighted by molar-refractivity contribution is -0.119. The van der Waals surface area contributed by atoms with Gasteiger partial charge in [0.2, 0.25) is 11.3 Å². The monoisotopic (exact) mass is 639 g/mol. The SMILES string of the molecule is CC(=O)NCC1CN(c2ccc(OCC3OC34CCN(c3nc5c(cc3F)c(=O)c(C(=O)O)cn5C3CC3)CC4)c(F)c2)C(=O)O1. The molecule has 4 fully saturated rings. The van der Waals surface area contributed by atoms with Crippen LogP contribution in [-0.2, 0) is 14.3 Å². The lowest BCUT2D eigenvalue weighted by Crippen LogP contribution is -2.40. The molecular formula is C31H31F2N5O8. The number of amides is 2. The molecule has 1 spiro atoms. The van der Waals surface area contributed by atoms with Crippen molar-refractivity contribution in [3.8, 4) is 5.75 Å². The van der Waals surface area contributed by atoms with Crippen molar-refractivity contribution in [1.82, 2.24) is 14.9 Å². The number of carboxylic acids is 1. The van der Waals surface area contributed by atoms with Gasteiger partial charge in [-0.1, -0.05) is 0 Å². The predicted octanol–water partition coefficient (Wildman–Crippen LogP) is 2.99. The number of rotatable bonds is 9. The van der Waals surface area contributed by atoms with Gasteiger partial charge < -0.3 is 34.1 Å². The maximum atomic E-state index is 15.3. The normalized spacial score (nSPS) is 21.8. The third kappa shape index (κ3) is 5.48. The largest absolute Gasteiger partial charge is 0.488 e. The summed E-state index contributed by atoms with van der Waals surface area (Å²) in [5.41, 5.74) is -1.09. The van der Waals surface area contributed by atoms with Crippen LogP contribution in [0, 0.1) is 11.6 Å². The quantitative estimate of drug-likeness (QED) is 0.334. The van der Waals surface area contributed by atoms with E-state index < -0.39 is 46.4 Å². The lowest BCUT2D eigenvalue weighted by Gasteiger charge is -2.32. The standard InChI is InChI=1S/C31H31F2N5O8/c1-16(39)34-12-19-13-38(30(43)45-19)18-4-5-24(22(32)10-18)44-15-25-31(46-25)6-8-36(9-7-31)28-23(33)11-20-26(40)21(29(41)42)14-37(17-2-3-17)27(20)35-28/h4-5,10-11,14,17,19,25H,2-3,6-9,12-13,15H2,1H3,(H,34,39)(H,41,42). The number of hydrogen-bond acceptors (Lipinski definition) is 9. The minimum Gasteiger partial charge on any atom is -0.488 e. The molecule has 13 nitrogen and oxygen atoms in total. The van der Waals surface area contributed by atoms with Crippen molar-refractivity contribution >= 4 is 40.5 Å². The van der Waals surface area contributed by atoms with E-state index in [1.807, 2.05) is 0 Å². The Kier molecular flexibility index (Phi) is 7.30. The van der Waals surface area contributed by atoms with Gasteiger partial charge in [0.25, 0.3) is 0 Å². The highest BCUT2D eigenvalue weighted by molar-refractivity contribution is 5.92. The minimum atomic E-state index is -1.36. The van der Waals surface area contributed by atoms with Crippen molar-refractivity contribution in [3.05, 3.63) is 57.9 Å². The smallest absolute Gasteiger partial charge is 0.414 e. The molecule has 1 saturated carbocycles. The van der Waals surface area contributed by atoms with Gasteiger partial charge in [0.15, 0.2) is 23.2 Å². The molecule has 5 heterocycles. The molecule has 2 N–H and O–H groups in total. The van der Waals surface area contributed by atoms with E-state index >= 15 is 4.39 Å². The number of piperidine rings is 1. The van der Waals surface area contributed by atoms with E-state index in [4.69, 9.17) is 14.2 Å². The summed E-state index contributed by atoms with van der Waals surface area (Å²) in [4.78, 5) is 55.4. The number of anilines is 2. The molecule has 0 bridgehead atoms. The van der Waals surface area contributed by atoms with Crippen LogP contribution in [0.15, 0.2) is 35.3 Å². The number of carbonyl (C=O) groups excluding carboxylic acids is 2. The van der Waals surface area contributed by atoms with Crippen LogP contribution in [0.2, 0.25) is 0 Å². The van der Waals surface area contributed by atoms with Gasteiger partial charge in [-0.25, -0.2) is 23.4 Å². The van der Waals surface area contributed by atoms with Crippen molar-refractivity contribution in [2.45, 2.75) is 56.5 Å². The second kappa shape index (κ2) is 11.2. The van der Waals surface area contributed by atoms with Gasteiger partial charge in [0.1, 0.15) is 35.6 Å². The Morgan fingerprint density at radius 3 is 2.59 bits per heavy atom. The van der Waals surface area contributed by atoms with E-state index in [2.05, 4.69) is 10.3 Å². The van der Waals surface area contributed by atoms with E-state index in [-0.39, 0.29) is 60.4 Å². The number of carbonyl (C=O) groups is 3. The molecular weight excluding hydrogens is 608 g/mol. The van der Waals surface area contributed by atoms with Crippen molar-refractivity contribution < 1.29 is 42.5 Å². The minimum absolute atomic E-state index is 0.00407. The number of fused-ring (bicyclic) bond motifs is 1. The molecule has 3 saturated heterocycles. The number of ether oxygens (including phenoxy) is 3. The maximum absolute atomic E-state index is 15.3. The predicted molar refractivity (Wildman–Crippen MR) is 158 cm³/mol. The number of halogens is 2. The zero-order chi connectivity index (χ0) is 32.3. The summed E-state index contributed by atoms with van der Waals surface area (Å²) < 4.78 is 48.9. The first-order valence-corrected chi connectivity index (χ1v) is 15.1. The molecule has 242 valence electrons. The van der Waals surface area contributed by atoms with Crippen LogP contribution in [0.4, 0.5) is 25.1 Å². The van der Waals surface area contributed by atoms with Crippen LogP contribution in [0.3, 0.4) is 0 Å². The molecule has 46 heavy (non-hydrogen) atoms. The zero-order valence-electron chi connectivity index (χ0n) is 24.8. The Hall–Kier alpha value is -4.79. The highest BCUT2D eigenvalue weighted by atomic mass is 19.1. The Morgan fingerprint density at radius 2 is 1.91 bits per heavy atom. The van der Waals surface area contributed by atoms with Crippen LogP contribution >= 0.6 is 0 Å². The summed E-state index contributed by atoms with van der Waals surface area (Å²) in [7, 11) is 0. The van der Waals surface area contributed by atoms with Gasteiger partial charge in [-0.15, -0.1) is 0 Å². The first kappa shape index (κ1) is 29.9. The van der Waals surface area contributed by atoms with E-state index in [1.54, 1.807) is 15.5 Å². The lowest BCUT2D eigenvalue weighted by atomic mass is 9.93. The van der Waals surface area contributed by atoms with Gasteiger partial charge in [-0.2, -0.15) is 0 Å². The Balaban J connectivity index is 0.974. The molecule has 1 aromatic carbocycles. The number of cyclic esters (lactones) is 1. The second-order valence-electron chi connectivity index (χ2n) is 12.1. The molecule has 2 atom stereocenters. The summed E-state index contributed by atoms with van der Waals surface area (Å²) in [6.07, 6.45) is 2.57. The van der Waals surface area contributed by atoms with E-state index in [1.165, 1.54) is 30.2 Å². The van der Waals surface area contributed by atoms with Gasteiger partial charge in [0, 0.05) is 38.3 Å². The Bertz CT molecular complexity index is 1820. The number of aromatic carboxylic acids is 1. The van der Waals surface area contributed by atoms with Gasteiger partial charge >= 0.3 is 12.1 Å². The first-order valence-electron chi connectivity index (χ1n) is 15.1. The highest BCUT2D eigenvalue weighted by Gasteiger charge is 2.58. The summed E-state index contributed by atoms with van der Waals surface area (Å²) in [5.74, 6) is -2.87. The molecule has 2 aromatic heterocycles.